The number of hydrogen-bond acceptors (Lipinski definition) is 3. The zero-order valence-electron chi connectivity index (χ0n) is 10.0. The molecule has 98 valence electrons. The van der Waals surface area contributed by atoms with E-state index in [4.69, 9.17) is 0 Å². The Morgan fingerprint density at radius 3 is 2.74 bits per heavy atom. The fourth-order valence-electron chi connectivity index (χ4n) is 1.57. The van der Waals surface area contributed by atoms with Gasteiger partial charge in [-0.3, -0.25) is 9.59 Å². The molecule has 1 aromatic carbocycles. The van der Waals surface area contributed by atoms with Crippen molar-refractivity contribution in [3.8, 4) is 0 Å². The van der Waals surface area contributed by atoms with Crippen molar-refractivity contribution in [2.45, 2.75) is 6.42 Å². The minimum Gasteiger partial charge on any atom is -0.351 e. The van der Waals surface area contributed by atoms with Crippen molar-refractivity contribution in [1.29, 1.82) is 0 Å². The molecule has 1 amide bonds. The zero-order valence-corrected chi connectivity index (χ0v) is 10.0. The number of benzene rings is 1. The van der Waals surface area contributed by atoms with E-state index >= 15 is 0 Å². The minimum atomic E-state index is -0.478. The van der Waals surface area contributed by atoms with Gasteiger partial charge in [-0.05, 0) is 24.1 Å². The van der Waals surface area contributed by atoms with Gasteiger partial charge < -0.3 is 10.3 Å². The van der Waals surface area contributed by atoms with Crippen molar-refractivity contribution in [3.63, 3.8) is 0 Å². The van der Waals surface area contributed by atoms with E-state index in [1.54, 1.807) is 12.1 Å². The van der Waals surface area contributed by atoms with Crippen LogP contribution in [0.25, 0.3) is 0 Å². The molecule has 0 saturated heterocycles. The van der Waals surface area contributed by atoms with E-state index in [9.17, 15) is 14.0 Å². The predicted octanol–water partition coefficient (Wildman–Crippen LogP) is 0.881. The summed E-state index contributed by atoms with van der Waals surface area (Å²) in [7, 11) is 0. The molecule has 0 spiro atoms. The molecule has 0 aliphatic rings. The lowest BCUT2D eigenvalue weighted by atomic mass is 10.1. The van der Waals surface area contributed by atoms with Gasteiger partial charge in [0, 0.05) is 12.7 Å². The molecule has 0 fully saturated rings. The lowest BCUT2D eigenvalue weighted by molar-refractivity contribution is 0.0952. The third-order valence-electron chi connectivity index (χ3n) is 2.58. The summed E-state index contributed by atoms with van der Waals surface area (Å²) in [4.78, 5) is 29.0. The van der Waals surface area contributed by atoms with E-state index in [1.807, 2.05) is 0 Å². The maximum absolute atomic E-state index is 12.7. The third-order valence-corrected chi connectivity index (χ3v) is 2.58. The van der Waals surface area contributed by atoms with E-state index < -0.39 is 11.5 Å². The topological polar surface area (TPSA) is 74.8 Å². The van der Waals surface area contributed by atoms with Crippen molar-refractivity contribution in [3.05, 3.63) is 64.1 Å². The highest BCUT2D eigenvalue weighted by Gasteiger charge is 2.09. The van der Waals surface area contributed by atoms with E-state index in [2.05, 4.69) is 15.3 Å². The summed E-state index contributed by atoms with van der Waals surface area (Å²) in [6.07, 6.45) is 2.99. The summed E-state index contributed by atoms with van der Waals surface area (Å²) < 4.78 is 12.7. The number of carbonyl (C=O) groups is 1. The highest BCUT2D eigenvalue weighted by atomic mass is 19.1. The fourth-order valence-corrected chi connectivity index (χ4v) is 1.57. The first-order valence-electron chi connectivity index (χ1n) is 5.72. The van der Waals surface area contributed by atoms with Crippen molar-refractivity contribution >= 4 is 5.91 Å². The molecule has 19 heavy (non-hydrogen) atoms. The van der Waals surface area contributed by atoms with E-state index in [1.165, 1.54) is 24.7 Å². The Labute approximate surface area is 108 Å². The SMILES string of the molecule is O=C(NCCc1ccc(F)cc1)c1cnc[nH]c1=O. The number of nitrogens with one attached hydrogen (secondary N) is 2. The van der Waals surface area contributed by atoms with Crippen LogP contribution in [-0.4, -0.2) is 22.4 Å². The van der Waals surface area contributed by atoms with Crippen LogP contribution in [0, 0.1) is 5.82 Å². The first-order chi connectivity index (χ1) is 9.16. The van der Waals surface area contributed by atoms with Gasteiger partial charge in [-0.2, -0.15) is 0 Å². The molecule has 5 nitrogen and oxygen atoms in total. The van der Waals surface area contributed by atoms with Crippen LogP contribution < -0.4 is 10.9 Å². The first-order valence-corrected chi connectivity index (χ1v) is 5.72. The van der Waals surface area contributed by atoms with Gasteiger partial charge in [0.1, 0.15) is 11.4 Å². The third kappa shape index (κ3) is 3.48. The molecule has 0 saturated carbocycles. The molecule has 2 N–H and O–H groups in total. The van der Waals surface area contributed by atoms with Crippen LogP contribution in [0.1, 0.15) is 15.9 Å². The fraction of sp³-hybridized carbons (Fsp3) is 0.154. The van der Waals surface area contributed by atoms with Gasteiger partial charge in [-0.15, -0.1) is 0 Å². The second-order valence-corrected chi connectivity index (χ2v) is 3.93. The van der Waals surface area contributed by atoms with Crippen molar-refractivity contribution < 1.29 is 9.18 Å². The van der Waals surface area contributed by atoms with Crippen LogP contribution in [0.5, 0.6) is 0 Å². The average Bonchev–Trinajstić information content (AvgIpc) is 2.41. The molecule has 0 aliphatic carbocycles. The molecule has 6 heteroatoms. The normalized spacial score (nSPS) is 10.2. The highest BCUT2D eigenvalue weighted by molar-refractivity contribution is 5.93. The van der Waals surface area contributed by atoms with Crippen LogP contribution >= 0.6 is 0 Å². The van der Waals surface area contributed by atoms with Crippen LogP contribution in [0.2, 0.25) is 0 Å². The number of rotatable bonds is 4. The Kier molecular flexibility index (Phi) is 4.02. The smallest absolute Gasteiger partial charge is 0.263 e. The van der Waals surface area contributed by atoms with Crippen molar-refractivity contribution in [1.82, 2.24) is 15.3 Å². The molecule has 1 aromatic heterocycles. The van der Waals surface area contributed by atoms with Gasteiger partial charge >= 0.3 is 0 Å². The summed E-state index contributed by atoms with van der Waals surface area (Å²) in [6, 6.07) is 6.03. The minimum absolute atomic E-state index is 0.0263. The van der Waals surface area contributed by atoms with Crippen molar-refractivity contribution in [2.75, 3.05) is 6.54 Å². The Morgan fingerprint density at radius 2 is 2.05 bits per heavy atom. The molecule has 0 radical (unpaired) electrons. The first kappa shape index (κ1) is 12.9. The van der Waals surface area contributed by atoms with Gasteiger partial charge in [0.15, 0.2) is 0 Å². The molecule has 2 aromatic rings. The number of hydrogen-bond donors (Lipinski definition) is 2. The van der Waals surface area contributed by atoms with Crippen LogP contribution in [0.15, 0.2) is 41.6 Å². The van der Waals surface area contributed by atoms with E-state index in [0.717, 1.165) is 5.56 Å². The maximum Gasteiger partial charge on any atom is 0.263 e. The van der Waals surface area contributed by atoms with Crippen molar-refractivity contribution in [2.24, 2.45) is 0 Å². The van der Waals surface area contributed by atoms with Gasteiger partial charge in [0.2, 0.25) is 0 Å². The number of amides is 1. The summed E-state index contributed by atoms with van der Waals surface area (Å²) in [5.74, 6) is -0.772. The molecule has 0 aliphatic heterocycles. The summed E-state index contributed by atoms with van der Waals surface area (Å²) in [5, 5.41) is 2.61. The van der Waals surface area contributed by atoms with Gasteiger partial charge in [-0.1, -0.05) is 12.1 Å². The van der Waals surface area contributed by atoms with Crippen LogP contribution in [0.4, 0.5) is 4.39 Å². The molecular formula is C13H12FN3O2. The Balaban J connectivity index is 1.89. The average molecular weight is 261 g/mol. The maximum atomic E-state index is 12.7. The van der Waals surface area contributed by atoms with Crippen LogP contribution in [0.3, 0.4) is 0 Å². The lowest BCUT2D eigenvalue weighted by Gasteiger charge is -2.04. The number of aromatic amines is 1. The number of nitrogens with zero attached hydrogens (tertiary/aromatic N) is 1. The monoisotopic (exact) mass is 261 g/mol. The quantitative estimate of drug-likeness (QED) is 0.858. The Hall–Kier alpha value is -2.50. The Morgan fingerprint density at radius 1 is 1.32 bits per heavy atom. The Bertz CT molecular complexity index is 622. The second-order valence-electron chi connectivity index (χ2n) is 3.93. The molecular weight excluding hydrogens is 249 g/mol. The zero-order chi connectivity index (χ0) is 13.7. The highest BCUT2D eigenvalue weighted by Crippen LogP contribution is 2.02. The predicted molar refractivity (Wildman–Crippen MR) is 67.3 cm³/mol. The molecule has 0 atom stereocenters. The van der Waals surface area contributed by atoms with Gasteiger partial charge in [0.25, 0.3) is 11.5 Å². The molecule has 1 heterocycles. The summed E-state index contributed by atoms with van der Waals surface area (Å²) in [5.41, 5.74) is 0.401. The standard InChI is InChI=1S/C13H12FN3O2/c14-10-3-1-9(2-4-10)5-6-16-12(18)11-7-15-8-17-13(11)19/h1-4,7-8H,5-6H2,(H,16,18)(H,15,17,19). The summed E-state index contributed by atoms with van der Waals surface area (Å²) >= 11 is 0. The summed E-state index contributed by atoms with van der Waals surface area (Å²) in [6.45, 7) is 0.360. The molecule has 0 unspecified atom stereocenters. The lowest BCUT2D eigenvalue weighted by Crippen LogP contribution is -2.31. The number of aromatic nitrogens is 2. The molecule has 0 bridgehead atoms. The number of carbonyl (C=O) groups excluding carboxylic acids is 1. The van der Waals surface area contributed by atoms with Crippen LogP contribution in [-0.2, 0) is 6.42 Å². The van der Waals surface area contributed by atoms with Gasteiger partial charge in [0.05, 0.1) is 6.33 Å². The van der Waals surface area contributed by atoms with Gasteiger partial charge in [-0.25, -0.2) is 9.37 Å². The second kappa shape index (κ2) is 5.90. The molecule has 2 rings (SSSR count). The number of halogens is 1. The number of H-pyrrole nitrogens is 1. The largest absolute Gasteiger partial charge is 0.351 e. The van der Waals surface area contributed by atoms with E-state index in [0.29, 0.717) is 13.0 Å². The van der Waals surface area contributed by atoms with E-state index in [-0.39, 0.29) is 11.4 Å².